The van der Waals surface area contributed by atoms with Crippen molar-refractivity contribution in [3.63, 3.8) is 0 Å². The van der Waals surface area contributed by atoms with Crippen LogP contribution >= 0.6 is 0 Å². The van der Waals surface area contributed by atoms with Crippen LogP contribution in [0.3, 0.4) is 0 Å². The van der Waals surface area contributed by atoms with Crippen molar-refractivity contribution in [1.82, 2.24) is 21.5 Å². The first-order valence-corrected chi connectivity index (χ1v) is 8.25. The molecule has 0 saturated carbocycles. The molecule has 5 nitrogen and oxygen atoms in total. The molecule has 0 aliphatic carbocycles. The lowest BCUT2D eigenvalue weighted by Crippen LogP contribution is -2.37. The molecule has 2 fully saturated rings. The summed E-state index contributed by atoms with van der Waals surface area (Å²) in [4.78, 5) is 12.6. The van der Waals surface area contributed by atoms with E-state index in [1.165, 1.54) is 5.56 Å². The van der Waals surface area contributed by atoms with Crippen LogP contribution in [0.2, 0.25) is 0 Å². The SMILES string of the molecule is CC1NNC(C)C1CNC(=O)c1ccccc1C1CCNC1. The smallest absolute Gasteiger partial charge is 0.251 e. The van der Waals surface area contributed by atoms with Crippen molar-refractivity contribution >= 4 is 5.91 Å². The molecule has 3 unspecified atom stereocenters. The highest BCUT2D eigenvalue weighted by Gasteiger charge is 2.30. The third-order valence-corrected chi connectivity index (χ3v) is 5.03. The fraction of sp³-hybridized carbons (Fsp3) is 0.588. The van der Waals surface area contributed by atoms with Gasteiger partial charge in [0.2, 0.25) is 0 Å². The number of hydrogen-bond donors (Lipinski definition) is 4. The number of carbonyl (C=O) groups excluding carboxylic acids is 1. The summed E-state index contributed by atoms with van der Waals surface area (Å²) in [5.41, 5.74) is 8.46. The summed E-state index contributed by atoms with van der Waals surface area (Å²) in [5.74, 6) is 0.910. The second-order valence-corrected chi connectivity index (χ2v) is 6.52. The van der Waals surface area contributed by atoms with E-state index >= 15 is 0 Å². The summed E-state index contributed by atoms with van der Waals surface area (Å²) in [6.07, 6.45) is 1.11. The van der Waals surface area contributed by atoms with Crippen LogP contribution in [0.1, 0.15) is 42.1 Å². The van der Waals surface area contributed by atoms with Gasteiger partial charge in [-0.15, -0.1) is 0 Å². The predicted octanol–water partition coefficient (Wildman–Crippen LogP) is 0.994. The van der Waals surface area contributed by atoms with Crippen molar-refractivity contribution in [3.8, 4) is 0 Å². The monoisotopic (exact) mass is 302 g/mol. The van der Waals surface area contributed by atoms with Crippen LogP contribution in [0.4, 0.5) is 0 Å². The quantitative estimate of drug-likeness (QED) is 0.670. The third kappa shape index (κ3) is 3.16. The Labute approximate surface area is 132 Å². The number of carbonyl (C=O) groups is 1. The standard InChI is InChI=1S/C17H26N4O/c1-11-16(12(2)21-20-11)10-19-17(22)15-6-4-3-5-14(15)13-7-8-18-9-13/h3-6,11-13,16,18,20-21H,7-10H2,1-2H3,(H,19,22). The van der Waals surface area contributed by atoms with Gasteiger partial charge in [-0.2, -0.15) is 0 Å². The summed E-state index contributed by atoms with van der Waals surface area (Å²) in [6, 6.07) is 8.75. The lowest BCUT2D eigenvalue weighted by molar-refractivity contribution is 0.0944. The van der Waals surface area contributed by atoms with Gasteiger partial charge in [0.25, 0.3) is 5.91 Å². The first kappa shape index (κ1) is 15.5. The molecule has 120 valence electrons. The molecule has 0 spiro atoms. The van der Waals surface area contributed by atoms with Gasteiger partial charge in [0.15, 0.2) is 0 Å². The van der Waals surface area contributed by atoms with E-state index in [1.54, 1.807) is 0 Å². The van der Waals surface area contributed by atoms with Gasteiger partial charge in [-0.1, -0.05) is 18.2 Å². The van der Waals surface area contributed by atoms with Crippen molar-refractivity contribution < 1.29 is 4.79 Å². The number of nitrogens with one attached hydrogen (secondary N) is 4. The van der Waals surface area contributed by atoms with Gasteiger partial charge >= 0.3 is 0 Å². The average Bonchev–Trinajstić information content (AvgIpc) is 3.16. The number of hydrogen-bond acceptors (Lipinski definition) is 4. The second kappa shape index (κ2) is 6.77. The number of hydrazine groups is 1. The van der Waals surface area contributed by atoms with Gasteiger partial charge in [-0.05, 0) is 44.4 Å². The van der Waals surface area contributed by atoms with Crippen molar-refractivity contribution in [2.75, 3.05) is 19.6 Å². The van der Waals surface area contributed by atoms with E-state index < -0.39 is 0 Å². The molecule has 0 bridgehead atoms. The van der Waals surface area contributed by atoms with Crippen LogP contribution in [0.15, 0.2) is 24.3 Å². The van der Waals surface area contributed by atoms with Crippen molar-refractivity contribution in [3.05, 3.63) is 35.4 Å². The minimum absolute atomic E-state index is 0.0498. The number of rotatable bonds is 4. The van der Waals surface area contributed by atoms with Gasteiger partial charge in [-0.25, -0.2) is 0 Å². The Morgan fingerprint density at radius 3 is 2.64 bits per heavy atom. The maximum atomic E-state index is 12.6. The molecule has 2 saturated heterocycles. The highest BCUT2D eigenvalue weighted by atomic mass is 16.1. The molecule has 1 aromatic rings. The van der Waals surface area contributed by atoms with Crippen LogP contribution in [0.5, 0.6) is 0 Å². The van der Waals surface area contributed by atoms with E-state index in [-0.39, 0.29) is 5.91 Å². The van der Waals surface area contributed by atoms with Crippen LogP contribution in [0.25, 0.3) is 0 Å². The van der Waals surface area contributed by atoms with Crippen molar-refractivity contribution in [1.29, 1.82) is 0 Å². The Balaban J connectivity index is 1.67. The number of benzene rings is 1. The molecule has 1 amide bonds. The van der Waals surface area contributed by atoms with Crippen molar-refractivity contribution in [2.45, 2.75) is 38.3 Å². The highest BCUT2D eigenvalue weighted by Crippen LogP contribution is 2.25. The van der Waals surface area contributed by atoms with Gasteiger partial charge < -0.3 is 10.6 Å². The minimum Gasteiger partial charge on any atom is -0.352 e. The third-order valence-electron chi connectivity index (χ3n) is 5.03. The van der Waals surface area contributed by atoms with Gasteiger partial charge in [0.05, 0.1) is 0 Å². The molecule has 0 aromatic heterocycles. The summed E-state index contributed by atoms with van der Waals surface area (Å²) < 4.78 is 0. The summed E-state index contributed by atoms with van der Waals surface area (Å²) in [5, 5.41) is 6.50. The van der Waals surface area contributed by atoms with Gasteiger partial charge in [0, 0.05) is 36.7 Å². The molecule has 5 heteroatoms. The fourth-order valence-electron chi connectivity index (χ4n) is 3.55. The maximum absolute atomic E-state index is 12.6. The lowest BCUT2D eigenvalue weighted by atomic mass is 9.92. The molecule has 2 aliphatic heterocycles. The molecule has 4 N–H and O–H groups in total. The molecule has 3 rings (SSSR count). The zero-order valence-electron chi connectivity index (χ0n) is 13.4. The predicted molar refractivity (Wildman–Crippen MR) is 87.7 cm³/mol. The van der Waals surface area contributed by atoms with E-state index in [2.05, 4.69) is 41.4 Å². The van der Waals surface area contributed by atoms with E-state index in [0.717, 1.165) is 25.1 Å². The van der Waals surface area contributed by atoms with Gasteiger partial charge in [-0.3, -0.25) is 15.6 Å². The first-order valence-electron chi connectivity index (χ1n) is 8.25. The Morgan fingerprint density at radius 2 is 1.95 bits per heavy atom. The molecule has 2 aliphatic rings. The second-order valence-electron chi connectivity index (χ2n) is 6.52. The van der Waals surface area contributed by atoms with E-state index in [1.807, 2.05) is 18.2 Å². The fourth-order valence-corrected chi connectivity index (χ4v) is 3.55. The normalized spacial score (nSPS) is 31.4. The van der Waals surface area contributed by atoms with Crippen LogP contribution in [-0.4, -0.2) is 37.6 Å². The van der Waals surface area contributed by atoms with Crippen molar-refractivity contribution in [2.24, 2.45) is 5.92 Å². The van der Waals surface area contributed by atoms with E-state index in [0.29, 0.717) is 30.5 Å². The maximum Gasteiger partial charge on any atom is 0.251 e. The van der Waals surface area contributed by atoms with Gasteiger partial charge in [0.1, 0.15) is 0 Å². The minimum atomic E-state index is 0.0498. The molecular weight excluding hydrogens is 276 g/mol. The summed E-state index contributed by atoms with van der Waals surface area (Å²) >= 11 is 0. The zero-order valence-corrected chi connectivity index (χ0v) is 13.4. The molecular formula is C17H26N4O. The Morgan fingerprint density at radius 1 is 1.23 bits per heavy atom. The van der Waals surface area contributed by atoms with Crippen LogP contribution < -0.4 is 21.5 Å². The molecule has 0 radical (unpaired) electrons. The van der Waals surface area contributed by atoms with E-state index in [4.69, 9.17) is 0 Å². The summed E-state index contributed by atoms with van der Waals surface area (Å²) in [7, 11) is 0. The molecule has 22 heavy (non-hydrogen) atoms. The lowest BCUT2D eigenvalue weighted by Gasteiger charge is -2.20. The molecule has 2 heterocycles. The van der Waals surface area contributed by atoms with E-state index in [9.17, 15) is 4.79 Å². The first-order chi connectivity index (χ1) is 10.7. The Hall–Kier alpha value is -1.43. The Bertz CT molecular complexity index is 517. The topological polar surface area (TPSA) is 65.2 Å². The van der Waals surface area contributed by atoms with Crippen LogP contribution in [-0.2, 0) is 0 Å². The molecule has 1 aromatic carbocycles. The average molecular weight is 302 g/mol. The highest BCUT2D eigenvalue weighted by molar-refractivity contribution is 5.95. The summed E-state index contributed by atoms with van der Waals surface area (Å²) in [6.45, 7) is 6.99. The molecule has 3 atom stereocenters. The van der Waals surface area contributed by atoms with Crippen LogP contribution in [0, 0.1) is 5.92 Å². The Kier molecular flexibility index (Phi) is 4.76. The zero-order chi connectivity index (χ0) is 15.5. The largest absolute Gasteiger partial charge is 0.352 e. The number of amides is 1.